The molecule has 0 aromatic carbocycles. The maximum atomic E-state index is 6.00. The van der Waals surface area contributed by atoms with Crippen molar-refractivity contribution < 1.29 is 14.2 Å². The smallest absolute Gasteiger partial charge is 0.0990 e. The van der Waals surface area contributed by atoms with Gasteiger partial charge >= 0.3 is 0 Å². The first kappa shape index (κ1) is 12.3. The van der Waals surface area contributed by atoms with E-state index in [1.165, 1.54) is 0 Å². The third-order valence-electron chi connectivity index (χ3n) is 3.39. The molecule has 0 radical (unpaired) electrons. The first-order chi connectivity index (χ1) is 7.85. The summed E-state index contributed by atoms with van der Waals surface area (Å²) >= 11 is 0. The van der Waals surface area contributed by atoms with Crippen molar-refractivity contribution in [1.29, 1.82) is 0 Å². The lowest BCUT2D eigenvalue weighted by atomic mass is 9.85. The lowest BCUT2D eigenvalue weighted by Crippen LogP contribution is -2.60. The van der Waals surface area contributed by atoms with Gasteiger partial charge in [-0.2, -0.15) is 0 Å². The molecule has 0 amide bonds. The van der Waals surface area contributed by atoms with Crippen molar-refractivity contribution in [2.75, 3.05) is 26.9 Å². The number of rotatable bonds is 6. The zero-order valence-corrected chi connectivity index (χ0v) is 10.3. The second-order valence-corrected chi connectivity index (χ2v) is 4.63. The summed E-state index contributed by atoms with van der Waals surface area (Å²) in [5.41, 5.74) is 0. The molecule has 1 saturated carbocycles. The molecule has 2 rings (SSSR count). The quantitative estimate of drug-likeness (QED) is 0.736. The molecule has 4 unspecified atom stereocenters. The minimum Gasteiger partial charge on any atom is -0.379 e. The Hall–Kier alpha value is -0.160. The molecule has 4 heteroatoms. The monoisotopic (exact) mass is 229 g/mol. The lowest BCUT2D eigenvalue weighted by molar-refractivity contribution is -0.166. The van der Waals surface area contributed by atoms with Crippen LogP contribution in [0.3, 0.4) is 0 Å². The summed E-state index contributed by atoms with van der Waals surface area (Å²) < 4.78 is 17.1. The second-order valence-electron chi connectivity index (χ2n) is 4.63. The fourth-order valence-corrected chi connectivity index (χ4v) is 2.34. The van der Waals surface area contributed by atoms with Crippen LogP contribution in [0.25, 0.3) is 0 Å². The Morgan fingerprint density at radius 3 is 2.94 bits per heavy atom. The van der Waals surface area contributed by atoms with E-state index < -0.39 is 0 Å². The standard InChI is InChI=1S/C12H23NO3/c1-3-5-15-12-10(13-2)7-11(12)16-9-4-6-14-8-9/h9-13H,3-8H2,1-2H3. The van der Waals surface area contributed by atoms with E-state index in [9.17, 15) is 0 Å². The van der Waals surface area contributed by atoms with Gasteiger partial charge in [0, 0.05) is 19.3 Å². The van der Waals surface area contributed by atoms with Gasteiger partial charge in [-0.15, -0.1) is 0 Å². The van der Waals surface area contributed by atoms with Gasteiger partial charge in [0.25, 0.3) is 0 Å². The predicted octanol–water partition coefficient (Wildman–Crippen LogP) is 0.947. The Labute approximate surface area is 97.6 Å². The fraction of sp³-hybridized carbons (Fsp3) is 1.00. The van der Waals surface area contributed by atoms with Crippen molar-refractivity contribution in [2.45, 2.75) is 50.5 Å². The third-order valence-corrected chi connectivity index (χ3v) is 3.39. The Bertz CT molecular complexity index is 206. The highest BCUT2D eigenvalue weighted by Gasteiger charge is 2.43. The third kappa shape index (κ3) is 2.74. The van der Waals surface area contributed by atoms with Gasteiger partial charge in [0.15, 0.2) is 0 Å². The van der Waals surface area contributed by atoms with Crippen LogP contribution in [0.1, 0.15) is 26.2 Å². The van der Waals surface area contributed by atoms with E-state index in [2.05, 4.69) is 12.2 Å². The molecule has 16 heavy (non-hydrogen) atoms. The summed E-state index contributed by atoms with van der Waals surface area (Å²) in [5, 5.41) is 3.28. The van der Waals surface area contributed by atoms with Crippen molar-refractivity contribution >= 4 is 0 Å². The largest absolute Gasteiger partial charge is 0.379 e. The molecule has 1 N–H and O–H groups in total. The van der Waals surface area contributed by atoms with Gasteiger partial charge in [0.2, 0.25) is 0 Å². The molecule has 1 aliphatic heterocycles. The molecule has 4 nitrogen and oxygen atoms in total. The van der Waals surface area contributed by atoms with Crippen LogP contribution in [0, 0.1) is 0 Å². The topological polar surface area (TPSA) is 39.7 Å². The summed E-state index contributed by atoms with van der Waals surface area (Å²) in [7, 11) is 1.99. The molecule has 2 aliphatic rings. The summed E-state index contributed by atoms with van der Waals surface area (Å²) in [6.45, 7) is 4.55. The van der Waals surface area contributed by atoms with Crippen molar-refractivity contribution in [3.8, 4) is 0 Å². The maximum Gasteiger partial charge on any atom is 0.0990 e. The number of nitrogens with one attached hydrogen (secondary N) is 1. The molecule has 2 fully saturated rings. The van der Waals surface area contributed by atoms with Crippen molar-refractivity contribution in [3.05, 3.63) is 0 Å². The molecule has 4 atom stereocenters. The highest BCUT2D eigenvalue weighted by molar-refractivity contribution is 4.97. The van der Waals surface area contributed by atoms with Gasteiger partial charge in [-0.25, -0.2) is 0 Å². The number of hydrogen-bond donors (Lipinski definition) is 1. The van der Waals surface area contributed by atoms with Crippen molar-refractivity contribution in [3.63, 3.8) is 0 Å². The molecule has 0 aromatic heterocycles. The summed E-state index contributed by atoms with van der Waals surface area (Å²) in [6.07, 6.45) is 3.92. The van der Waals surface area contributed by atoms with Crippen LogP contribution < -0.4 is 5.32 Å². The zero-order chi connectivity index (χ0) is 11.4. The van der Waals surface area contributed by atoms with Crippen LogP contribution >= 0.6 is 0 Å². The Morgan fingerprint density at radius 2 is 2.31 bits per heavy atom. The molecular formula is C12H23NO3. The molecule has 94 valence electrons. The summed E-state index contributed by atoms with van der Waals surface area (Å²) in [5.74, 6) is 0. The average Bonchev–Trinajstić information content (AvgIpc) is 2.77. The lowest BCUT2D eigenvalue weighted by Gasteiger charge is -2.44. The van der Waals surface area contributed by atoms with E-state index in [1.807, 2.05) is 7.05 Å². The predicted molar refractivity (Wildman–Crippen MR) is 61.6 cm³/mol. The first-order valence-electron chi connectivity index (χ1n) is 6.37. The van der Waals surface area contributed by atoms with Gasteiger partial charge in [0.05, 0.1) is 24.9 Å². The second kappa shape index (κ2) is 5.96. The summed E-state index contributed by atoms with van der Waals surface area (Å²) in [4.78, 5) is 0. The van der Waals surface area contributed by atoms with Crippen LogP contribution in [0.5, 0.6) is 0 Å². The average molecular weight is 229 g/mol. The van der Waals surface area contributed by atoms with E-state index in [1.54, 1.807) is 0 Å². The SMILES string of the molecule is CCCOC1C(NC)CC1OC1CCOC1. The summed E-state index contributed by atoms with van der Waals surface area (Å²) in [6, 6.07) is 0.457. The van der Waals surface area contributed by atoms with Crippen LogP contribution in [0.15, 0.2) is 0 Å². The highest BCUT2D eigenvalue weighted by atomic mass is 16.6. The Balaban J connectivity index is 1.75. The molecule has 1 aliphatic carbocycles. The molecule has 0 bridgehead atoms. The Morgan fingerprint density at radius 1 is 1.44 bits per heavy atom. The molecule has 1 heterocycles. The first-order valence-corrected chi connectivity index (χ1v) is 6.37. The van der Waals surface area contributed by atoms with E-state index in [0.717, 1.165) is 39.1 Å². The minimum atomic E-state index is 0.227. The molecular weight excluding hydrogens is 206 g/mol. The minimum absolute atomic E-state index is 0.227. The molecule has 1 saturated heterocycles. The van der Waals surface area contributed by atoms with Crippen LogP contribution in [-0.2, 0) is 14.2 Å². The van der Waals surface area contributed by atoms with E-state index in [-0.39, 0.29) is 18.3 Å². The van der Waals surface area contributed by atoms with Gasteiger partial charge in [0.1, 0.15) is 0 Å². The highest BCUT2D eigenvalue weighted by Crippen LogP contribution is 2.29. The fourth-order valence-electron chi connectivity index (χ4n) is 2.34. The van der Waals surface area contributed by atoms with Gasteiger partial charge in [-0.05, 0) is 26.3 Å². The maximum absolute atomic E-state index is 6.00. The normalized spacial score (nSPS) is 38.6. The molecule has 0 spiro atoms. The van der Waals surface area contributed by atoms with E-state index in [0.29, 0.717) is 6.04 Å². The van der Waals surface area contributed by atoms with Crippen LogP contribution in [0.4, 0.5) is 0 Å². The van der Waals surface area contributed by atoms with Gasteiger partial charge < -0.3 is 19.5 Å². The van der Waals surface area contributed by atoms with E-state index in [4.69, 9.17) is 14.2 Å². The zero-order valence-electron chi connectivity index (χ0n) is 10.3. The number of ether oxygens (including phenoxy) is 3. The van der Waals surface area contributed by atoms with Crippen molar-refractivity contribution in [2.24, 2.45) is 0 Å². The van der Waals surface area contributed by atoms with Gasteiger partial charge in [-0.3, -0.25) is 0 Å². The van der Waals surface area contributed by atoms with E-state index >= 15 is 0 Å². The van der Waals surface area contributed by atoms with Crippen molar-refractivity contribution in [1.82, 2.24) is 5.32 Å². The van der Waals surface area contributed by atoms with Crippen LogP contribution in [-0.4, -0.2) is 51.2 Å². The molecule has 0 aromatic rings. The Kier molecular flexibility index (Phi) is 4.58. The van der Waals surface area contributed by atoms with Crippen LogP contribution in [0.2, 0.25) is 0 Å². The van der Waals surface area contributed by atoms with Gasteiger partial charge in [-0.1, -0.05) is 6.92 Å². The number of likely N-dealkylation sites (N-methyl/N-ethyl adjacent to an activating group) is 1. The number of hydrogen-bond acceptors (Lipinski definition) is 4.